The van der Waals surface area contributed by atoms with Crippen molar-refractivity contribution >= 4 is 39.9 Å². The number of aryl methyl sites for hydroxylation is 2. The van der Waals surface area contributed by atoms with Crippen molar-refractivity contribution in [2.75, 3.05) is 26.3 Å². The van der Waals surface area contributed by atoms with Crippen molar-refractivity contribution in [3.8, 4) is 11.5 Å². The summed E-state index contributed by atoms with van der Waals surface area (Å²) in [7, 11) is 0. The maximum atomic E-state index is 12.6. The van der Waals surface area contributed by atoms with E-state index in [0.29, 0.717) is 24.1 Å². The summed E-state index contributed by atoms with van der Waals surface area (Å²) < 4.78 is 11.5. The average molecular weight is 490 g/mol. The second-order valence-corrected chi connectivity index (χ2v) is 9.54. The lowest BCUT2D eigenvalue weighted by atomic mass is 10.1. The number of aliphatic imine (C=N–C) groups is 1. The molecule has 0 bridgehead atoms. The van der Waals surface area contributed by atoms with Crippen LogP contribution in [0.1, 0.15) is 29.5 Å². The minimum absolute atomic E-state index is 0.0468. The lowest BCUT2D eigenvalue weighted by Crippen LogP contribution is -2.35. The molecule has 0 aliphatic carbocycles. The van der Waals surface area contributed by atoms with Gasteiger partial charge in [0.25, 0.3) is 5.91 Å². The van der Waals surface area contributed by atoms with E-state index < -0.39 is 5.91 Å². The van der Waals surface area contributed by atoms with Crippen molar-refractivity contribution in [3.63, 3.8) is 0 Å². The third-order valence-electron chi connectivity index (χ3n) is 6.11. The lowest BCUT2D eigenvalue weighted by molar-refractivity contribution is -0.114. The Bertz CT molecular complexity index is 1250. The van der Waals surface area contributed by atoms with Crippen molar-refractivity contribution in [1.82, 2.24) is 9.91 Å². The lowest BCUT2D eigenvalue weighted by Gasteiger charge is -2.20. The first-order valence-electron chi connectivity index (χ1n) is 11.7. The molecule has 0 radical (unpaired) electrons. The molecule has 2 aromatic rings. The molecule has 0 atom stereocenters. The van der Waals surface area contributed by atoms with Crippen LogP contribution in [-0.2, 0) is 4.79 Å². The smallest absolute Gasteiger partial charge is 0.283 e. The van der Waals surface area contributed by atoms with E-state index in [1.54, 1.807) is 6.08 Å². The number of amidine groups is 3. The quantitative estimate of drug-likeness (QED) is 0.477. The normalized spacial score (nSPS) is 18.6. The van der Waals surface area contributed by atoms with Crippen LogP contribution in [0, 0.1) is 19.3 Å². The zero-order chi connectivity index (χ0) is 24.4. The van der Waals surface area contributed by atoms with Gasteiger partial charge >= 0.3 is 0 Å². The number of rotatable bonds is 6. The van der Waals surface area contributed by atoms with E-state index in [-0.39, 0.29) is 11.4 Å². The van der Waals surface area contributed by atoms with Crippen LogP contribution < -0.4 is 9.47 Å². The number of ether oxygens (including phenoxy) is 2. The number of hydrogen-bond donors (Lipinski definition) is 1. The number of amides is 1. The Balaban J connectivity index is 1.19. The molecule has 3 aliphatic heterocycles. The molecule has 1 N–H and O–H groups in total. The highest BCUT2D eigenvalue weighted by Crippen LogP contribution is 2.31. The molecular formula is C26H27N5O3S. The van der Waals surface area contributed by atoms with Crippen molar-refractivity contribution in [2.24, 2.45) is 10.1 Å². The van der Waals surface area contributed by atoms with E-state index in [1.807, 2.05) is 42.5 Å². The molecular weight excluding hydrogens is 462 g/mol. The van der Waals surface area contributed by atoms with Crippen molar-refractivity contribution in [3.05, 3.63) is 64.7 Å². The Morgan fingerprint density at radius 3 is 2.37 bits per heavy atom. The van der Waals surface area contributed by atoms with Gasteiger partial charge in [-0.3, -0.25) is 10.2 Å². The van der Waals surface area contributed by atoms with E-state index in [2.05, 4.69) is 28.8 Å². The first kappa shape index (κ1) is 23.2. The summed E-state index contributed by atoms with van der Waals surface area (Å²) in [6.45, 7) is 6.88. The second kappa shape index (κ2) is 9.95. The molecule has 180 valence electrons. The van der Waals surface area contributed by atoms with Gasteiger partial charge in [-0.15, -0.1) is 5.10 Å². The van der Waals surface area contributed by atoms with Crippen LogP contribution in [0.4, 0.5) is 0 Å². The number of fused-ring (bicyclic) bond motifs is 1. The van der Waals surface area contributed by atoms with Gasteiger partial charge in [-0.25, -0.2) is 0 Å². The molecule has 35 heavy (non-hydrogen) atoms. The highest BCUT2D eigenvalue weighted by atomic mass is 32.2. The van der Waals surface area contributed by atoms with Gasteiger partial charge in [0, 0.05) is 13.1 Å². The average Bonchev–Trinajstić information content (AvgIpc) is 3.53. The topological polar surface area (TPSA) is 90.6 Å². The Kier molecular flexibility index (Phi) is 6.59. The maximum absolute atomic E-state index is 12.6. The molecule has 1 fully saturated rings. The van der Waals surface area contributed by atoms with E-state index in [9.17, 15) is 4.79 Å². The van der Waals surface area contributed by atoms with Crippen LogP contribution in [0.25, 0.3) is 6.08 Å². The Morgan fingerprint density at radius 2 is 1.66 bits per heavy atom. The minimum Gasteiger partial charge on any atom is -0.490 e. The first-order valence-corrected chi connectivity index (χ1v) is 12.5. The van der Waals surface area contributed by atoms with Crippen molar-refractivity contribution < 1.29 is 14.3 Å². The highest BCUT2D eigenvalue weighted by molar-refractivity contribution is 8.26. The highest BCUT2D eigenvalue weighted by Gasteiger charge is 2.37. The van der Waals surface area contributed by atoms with Crippen LogP contribution in [0.5, 0.6) is 11.5 Å². The van der Waals surface area contributed by atoms with E-state index in [4.69, 9.17) is 14.9 Å². The number of hydrogen-bond acceptors (Lipinski definition) is 7. The van der Waals surface area contributed by atoms with Crippen molar-refractivity contribution in [2.45, 2.75) is 26.7 Å². The van der Waals surface area contributed by atoms with E-state index in [1.165, 1.54) is 27.9 Å². The number of nitrogens with one attached hydrogen (secondary N) is 1. The third-order valence-corrected chi connectivity index (χ3v) is 7.08. The summed E-state index contributed by atoms with van der Waals surface area (Å²) in [5.41, 5.74) is 3.43. The number of thioether (sulfide) groups is 1. The van der Waals surface area contributed by atoms with Gasteiger partial charge in [-0.2, -0.15) is 10.0 Å². The predicted octanol–water partition coefficient (Wildman–Crippen LogP) is 4.43. The number of nitrogens with zero attached hydrogens (tertiary/aromatic N) is 4. The predicted molar refractivity (Wildman–Crippen MR) is 139 cm³/mol. The van der Waals surface area contributed by atoms with E-state index >= 15 is 0 Å². The Morgan fingerprint density at radius 1 is 0.971 bits per heavy atom. The van der Waals surface area contributed by atoms with Crippen molar-refractivity contribution in [1.29, 1.82) is 5.41 Å². The SMILES string of the molecule is Cc1ccc(OCCOc2ccc(/C=C3/C(=N)N4N=C(N5CCCC5)SC4=NC3=O)cc2)cc1C. The van der Waals surface area contributed by atoms with Crippen LogP contribution in [0.15, 0.2) is 58.1 Å². The van der Waals surface area contributed by atoms with Crippen LogP contribution in [0.2, 0.25) is 0 Å². The van der Waals surface area contributed by atoms with Crippen LogP contribution in [-0.4, -0.2) is 58.3 Å². The largest absolute Gasteiger partial charge is 0.490 e. The van der Waals surface area contributed by atoms with Crippen LogP contribution >= 0.6 is 11.8 Å². The summed E-state index contributed by atoms with van der Waals surface area (Å²) >= 11 is 1.35. The Labute approximate surface area is 208 Å². The fourth-order valence-corrected chi connectivity index (χ4v) is 4.91. The molecule has 0 saturated carbocycles. The molecule has 8 nitrogen and oxygen atoms in total. The molecule has 9 heteroatoms. The standard InChI is InChI=1S/C26H27N5O3S/c1-17-5-8-21(15-18(17)2)34-14-13-33-20-9-6-19(7-10-20)16-22-23(27)31-25(28-24(22)32)35-26(29-31)30-11-3-4-12-30/h5-10,15-16,27H,3-4,11-14H2,1-2H3/b22-16-,27-23?. The van der Waals surface area contributed by atoms with Gasteiger partial charge in [0.1, 0.15) is 24.7 Å². The first-order chi connectivity index (χ1) is 17.0. The maximum Gasteiger partial charge on any atom is 0.283 e. The summed E-state index contributed by atoms with van der Waals surface area (Å²) in [6.07, 6.45) is 3.94. The van der Waals surface area contributed by atoms with Gasteiger partial charge in [0.05, 0.1) is 5.57 Å². The zero-order valence-electron chi connectivity index (χ0n) is 19.8. The number of likely N-dealkylation sites (tertiary alicyclic amines) is 1. The van der Waals surface area contributed by atoms with Gasteiger partial charge < -0.3 is 14.4 Å². The second-order valence-electron chi connectivity index (χ2n) is 8.61. The number of carbonyl (C=O) groups excluding carboxylic acids is 1. The molecule has 2 aromatic carbocycles. The number of hydrazone groups is 1. The molecule has 1 saturated heterocycles. The summed E-state index contributed by atoms with van der Waals surface area (Å²) in [5.74, 6) is 1.16. The molecule has 3 heterocycles. The van der Waals surface area contributed by atoms with Gasteiger partial charge in [0.2, 0.25) is 5.17 Å². The monoisotopic (exact) mass is 489 g/mol. The minimum atomic E-state index is -0.421. The van der Waals surface area contributed by atoms with Gasteiger partial charge in [-0.05, 0) is 85.5 Å². The molecule has 0 aromatic heterocycles. The fourth-order valence-electron chi connectivity index (χ4n) is 3.97. The molecule has 1 amide bonds. The summed E-state index contributed by atoms with van der Waals surface area (Å²) in [5, 5.41) is 15.8. The van der Waals surface area contributed by atoms with Crippen LogP contribution in [0.3, 0.4) is 0 Å². The molecule has 0 spiro atoms. The molecule has 3 aliphatic rings. The molecule has 0 unspecified atom stereocenters. The summed E-state index contributed by atoms with van der Waals surface area (Å²) in [4.78, 5) is 19.0. The number of benzene rings is 2. The summed E-state index contributed by atoms with van der Waals surface area (Å²) in [6, 6.07) is 13.4. The zero-order valence-corrected chi connectivity index (χ0v) is 20.6. The Hall–Kier alpha value is -3.59. The van der Waals surface area contributed by atoms with Gasteiger partial charge in [-0.1, -0.05) is 18.2 Å². The van der Waals surface area contributed by atoms with Gasteiger partial charge in [0.15, 0.2) is 11.0 Å². The number of carbonyl (C=O) groups is 1. The fraction of sp³-hybridized carbons (Fsp3) is 0.308. The van der Waals surface area contributed by atoms with E-state index in [0.717, 1.165) is 42.4 Å². The third kappa shape index (κ3) is 5.09. The molecule has 5 rings (SSSR count).